The number of anilines is 1. The second-order valence-electron chi connectivity index (χ2n) is 6.13. The fraction of sp³-hybridized carbons (Fsp3) is 0.200. The van der Waals surface area contributed by atoms with Crippen molar-refractivity contribution in [1.82, 2.24) is 4.98 Å². The van der Waals surface area contributed by atoms with Crippen LogP contribution in [0.1, 0.15) is 32.6 Å². The molecule has 0 aliphatic carbocycles. The molecule has 3 rings (SSSR count). The molecule has 0 aliphatic rings. The smallest absolute Gasteiger partial charge is 0.257 e. The minimum absolute atomic E-state index is 0.116. The summed E-state index contributed by atoms with van der Waals surface area (Å²) in [6.45, 7) is 8.11. The maximum atomic E-state index is 12.5. The van der Waals surface area contributed by atoms with Gasteiger partial charge in [-0.15, -0.1) is 11.3 Å². The van der Waals surface area contributed by atoms with Crippen molar-refractivity contribution in [3.05, 3.63) is 69.6 Å². The van der Waals surface area contributed by atoms with Crippen molar-refractivity contribution in [3.8, 4) is 11.3 Å². The number of hydrogen-bond donors (Lipinski definition) is 1. The summed E-state index contributed by atoms with van der Waals surface area (Å²) in [5.41, 5.74) is 7.19. The first-order valence-electron chi connectivity index (χ1n) is 7.86. The monoisotopic (exact) mass is 336 g/mol. The molecule has 0 bridgehead atoms. The number of carbonyl (C=O) groups is 1. The number of thiazole rings is 1. The van der Waals surface area contributed by atoms with Crippen LogP contribution in [0.4, 0.5) is 5.13 Å². The van der Waals surface area contributed by atoms with Gasteiger partial charge in [-0.3, -0.25) is 10.1 Å². The van der Waals surface area contributed by atoms with Crippen LogP contribution in [0.5, 0.6) is 0 Å². The van der Waals surface area contributed by atoms with Gasteiger partial charge in [0, 0.05) is 16.5 Å². The van der Waals surface area contributed by atoms with Gasteiger partial charge in [0.15, 0.2) is 5.13 Å². The van der Waals surface area contributed by atoms with Crippen LogP contribution in [0.15, 0.2) is 41.8 Å². The van der Waals surface area contributed by atoms with Crippen molar-refractivity contribution >= 4 is 22.4 Å². The molecular weight excluding hydrogens is 316 g/mol. The molecule has 0 fully saturated rings. The SMILES string of the molecule is Cc1ccc(C(=O)Nc2nc(-c3cc(C)ccc3C)cs2)c(C)c1. The number of nitrogens with zero attached hydrogens (tertiary/aromatic N) is 1. The summed E-state index contributed by atoms with van der Waals surface area (Å²) in [7, 11) is 0. The summed E-state index contributed by atoms with van der Waals surface area (Å²) in [5, 5.41) is 5.52. The van der Waals surface area contributed by atoms with Crippen LogP contribution in [0, 0.1) is 27.7 Å². The van der Waals surface area contributed by atoms with Crippen molar-refractivity contribution in [3.63, 3.8) is 0 Å². The van der Waals surface area contributed by atoms with Crippen LogP contribution in [0.3, 0.4) is 0 Å². The predicted octanol–water partition coefficient (Wildman–Crippen LogP) is 5.30. The molecule has 2 aromatic carbocycles. The van der Waals surface area contributed by atoms with Gasteiger partial charge in [-0.05, 0) is 51.0 Å². The number of benzene rings is 2. The van der Waals surface area contributed by atoms with Crippen LogP contribution in [0.25, 0.3) is 11.3 Å². The molecule has 3 nitrogen and oxygen atoms in total. The van der Waals surface area contributed by atoms with Gasteiger partial charge in [-0.1, -0.05) is 35.4 Å². The lowest BCUT2D eigenvalue weighted by Gasteiger charge is -2.06. The molecule has 0 saturated carbocycles. The summed E-state index contributed by atoms with van der Waals surface area (Å²) in [4.78, 5) is 17.1. The van der Waals surface area contributed by atoms with Crippen molar-refractivity contribution in [1.29, 1.82) is 0 Å². The quantitative estimate of drug-likeness (QED) is 0.705. The van der Waals surface area contributed by atoms with Crippen LogP contribution in [0.2, 0.25) is 0 Å². The summed E-state index contributed by atoms with van der Waals surface area (Å²) >= 11 is 1.45. The molecule has 0 radical (unpaired) electrons. The largest absolute Gasteiger partial charge is 0.298 e. The Hall–Kier alpha value is -2.46. The highest BCUT2D eigenvalue weighted by atomic mass is 32.1. The van der Waals surface area contributed by atoms with Crippen LogP contribution < -0.4 is 5.32 Å². The average molecular weight is 336 g/mol. The molecule has 4 heteroatoms. The number of carbonyl (C=O) groups excluding carboxylic acids is 1. The number of nitrogens with one attached hydrogen (secondary N) is 1. The first kappa shape index (κ1) is 16.4. The Morgan fingerprint density at radius 3 is 2.42 bits per heavy atom. The van der Waals surface area contributed by atoms with E-state index in [1.807, 2.05) is 37.4 Å². The molecule has 0 aliphatic heterocycles. The third kappa shape index (κ3) is 3.39. The predicted molar refractivity (Wildman–Crippen MR) is 101 cm³/mol. The zero-order valence-corrected chi connectivity index (χ0v) is 15.1. The molecule has 0 spiro atoms. The third-order valence-corrected chi connectivity index (χ3v) is 4.78. The number of amides is 1. The molecule has 3 aromatic rings. The number of aryl methyl sites for hydroxylation is 4. The highest BCUT2D eigenvalue weighted by Gasteiger charge is 2.13. The number of rotatable bonds is 3. The Balaban J connectivity index is 1.83. The van der Waals surface area contributed by atoms with E-state index in [4.69, 9.17) is 0 Å². The van der Waals surface area contributed by atoms with Crippen molar-refractivity contribution < 1.29 is 4.79 Å². The molecule has 1 heterocycles. The van der Waals surface area contributed by atoms with Crippen LogP contribution >= 0.6 is 11.3 Å². The standard InChI is InChI=1S/C20H20N2OS/c1-12-6-8-16(15(4)9-12)19(23)22-20-21-18(11-24-20)17-10-13(2)5-7-14(17)3/h5-11H,1-4H3,(H,21,22,23). The maximum absolute atomic E-state index is 12.5. The van der Waals surface area contributed by atoms with E-state index in [-0.39, 0.29) is 5.91 Å². The molecule has 24 heavy (non-hydrogen) atoms. The second kappa shape index (κ2) is 6.57. The lowest BCUT2D eigenvalue weighted by atomic mass is 10.0. The van der Waals surface area contributed by atoms with Crippen molar-refractivity contribution in [2.75, 3.05) is 5.32 Å². The maximum Gasteiger partial charge on any atom is 0.257 e. The van der Waals surface area contributed by atoms with Crippen molar-refractivity contribution in [2.24, 2.45) is 0 Å². The van der Waals surface area contributed by atoms with Gasteiger partial charge in [0.2, 0.25) is 0 Å². The van der Waals surface area contributed by atoms with E-state index in [1.165, 1.54) is 22.5 Å². The summed E-state index contributed by atoms with van der Waals surface area (Å²) in [5.74, 6) is -0.116. The average Bonchev–Trinajstić information content (AvgIpc) is 2.97. The van der Waals surface area contributed by atoms with Gasteiger partial charge in [0.1, 0.15) is 0 Å². The molecule has 0 unspecified atom stereocenters. The molecule has 0 atom stereocenters. The number of hydrogen-bond acceptors (Lipinski definition) is 3. The van der Waals surface area contributed by atoms with Gasteiger partial charge in [0.25, 0.3) is 5.91 Å². The second-order valence-corrected chi connectivity index (χ2v) is 6.99. The summed E-state index contributed by atoms with van der Waals surface area (Å²) in [6, 6.07) is 12.1. The molecule has 1 N–H and O–H groups in total. The van der Waals surface area contributed by atoms with Gasteiger partial charge < -0.3 is 0 Å². The molecule has 122 valence electrons. The van der Waals surface area contributed by atoms with E-state index < -0.39 is 0 Å². The highest BCUT2D eigenvalue weighted by Crippen LogP contribution is 2.28. The molecule has 0 saturated heterocycles. The highest BCUT2D eigenvalue weighted by molar-refractivity contribution is 7.14. The molecule has 1 amide bonds. The molecular formula is C20H20N2OS. The van der Waals surface area contributed by atoms with Crippen molar-refractivity contribution in [2.45, 2.75) is 27.7 Å². The fourth-order valence-electron chi connectivity index (χ4n) is 2.70. The third-order valence-electron chi connectivity index (χ3n) is 4.02. The Morgan fingerprint density at radius 1 is 0.958 bits per heavy atom. The van der Waals surface area contributed by atoms with E-state index in [0.717, 1.165) is 22.4 Å². The molecule has 1 aromatic heterocycles. The van der Waals surface area contributed by atoms with Gasteiger partial charge in [0.05, 0.1) is 5.69 Å². The van der Waals surface area contributed by atoms with E-state index in [2.05, 4.69) is 42.3 Å². The first-order chi connectivity index (χ1) is 11.4. The van der Waals surface area contributed by atoms with Crippen LogP contribution in [-0.2, 0) is 0 Å². The lowest BCUT2D eigenvalue weighted by Crippen LogP contribution is -2.13. The Bertz CT molecular complexity index is 912. The van der Waals surface area contributed by atoms with E-state index in [1.54, 1.807) is 0 Å². The van der Waals surface area contributed by atoms with Gasteiger partial charge in [-0.25, -0.2) is 4.98 Å². The lowest BCUT2D eigenvalue weighted by molar-refractivity contribution is 0.102. The van der Waals surface area contributed by atoms with E-state index in [9.17, 15) is 4.79 Å². The zero-order chi connectivity index (χ0) is 17.3. The minimum Gasteiger partial charge on any atom is -0.298 e. The minimum atomic E-state index is -0.116. The van der Waals surface area contributed by atoms with E-state index >= 15 is 0 Å². The van der Waals surface area contributed by atoms with E-state index in [0.29, 0.717) is 10.7 Å². The van der Waals surface area contributed by atoms with Gasteiger partial charge in [-0.2, -0.15) is 0 Å². The van der Waals surface area contributed by atoms with Gasteiger partial charge >= 0.3 is 0 Å². The normalized spacial score (nSPS) is 10.7. The fourth-order valence-corrected chi connectivity index (χ4v) is 3.41. The topological polar surface area (TPSA) is 42.0 Å². The Labute approximate surface area is 146 Å². The Morgan fingerprint density at radius 2 is 1.67 bits per heavy atom. The first-order valence-corrected chi connectivity index (χ1v) is 8.74. The Kier molecular flexibility index (Phi) is 4.49. The summed E-state index contributed by atoms with van der Waals surface area (Å²) < 4.78 is 0. The zero-order valence-electron chi connectivity index (χ0n) is 14.3. The number of aromatic nitrogens is 1. The van der Waals surface area contributed by atoms with Crippen LogP contribution in [-0.4, -0.2) is 10.9 Å². The summed E-state index contributed by atoms with van der Waals surface area (Å²) in [6.07, 6.45) is 0.